The van der Waals surface area contributed by atoms with Gasteiger partial charge in [-0.1, -0.05) is 0 Å². The van der Waals surface area contributed by atoms with E-state index in [0.29, 0.717) is 6.20 Å². The summed E-state index contributed by atoms with van der Waals surface area (Å²) in [7, 11) is 0.785. The maximum absolute atomic E-state index is 12.9. The molecule has 0 aliphatic rings. The van der Waals surface area contributed by atoms with Crippen LogP contribution in [0.5, 0.6) is 0 Å². The van der Waals surface area contributed by atoms with Gasteiger partial charge in [0.25, 0.3) is 6.43 Å². The van der Waals surface area contributed by atoms with Gasteiger partial charge < -0.3 is 10.5 Å². The Morgan fingerprint density at radius 1 is 1.47 bits per heavy atom. The average Bonchev–Trinajstić information content (AvgIpc) is 2.34. The molecule has 0 aromatic carbocycles. The van der Waals surface area contributed by atoms with Gasteiger partial charge >= 0.3 is 12.1 Å². The molecule has 0 aliphatic heterocycles. The van der Waals surface area contributed by atoms with E-state index in [0.717, 1.165) is 7.11 Å². The molecule has 4 nitrogen and oxygen atoms in total. The highest BCUT2D eigenvalue weighted by atomic mass is 19.4. The molecule has 0 bridgehead atoms. The lowest BCUT2D eigenvalue weighted by Gasteiger charge is -2.16. The van der Waals surface area contributed by atoms with Gasteiger partial charge in [-0.25, -0.2) is 13.6 Å². The predicted octanol–water partition coefficient (Wildman–Crippen LogP) is 2.28. The van der Waals surface area contributed by atoms with E-state index < -0.39 is 41.9 Å². The van der Waals surface area contributed by atoms with Crippen molar-refractivity contribution in [3.05, 3.63) is 28.6 Å². The van der Waals surface area contributed by atoms with Crippen molar-refractivity contribution in [3.8, 4) is 0 Å². The first-order valence-corrected chi connectivity index (χ1v) is 4.89. The van der Waals surface area contributed by atoms with Crippen molar-refractivity contribution in [1.29, 1.82) is 0 Å². The molecule has 106 valence electrons. The van der Waals surface area contributed by atoms with Crippen LogP contribution in [0.15, 0.2) is 6.20 Å². The lowest BCUT2D eigenvalue weighted by molar-refractivity contribution is -0.141. The van der Waals surface area contributed by atoms with Gasteiger partial charge in [-0.3, -0.25) is 4.98 Å². The summed E-state index contributed by atoms with van der Waals surface area (Å²) < 4.78 is 67.9. The van der Waals surface area contributed by atoms with Crippen molar-refractivity contribution in [2.24, 2.45) is 5.73 Å². The topological polar surface area (TPSA) is 65.2 Å². The molecule has 0 fully saturated rings. The molecule has 0 saturated carbocycles. The maximum Gasteiger partial charge on any atom is 0.434 e. The first kappa shape index (κ1) is 15.3. The second-order valence-corrected chi connectivity index (χ2v) is 3.41. The van der Waals surface area contributed by atoms with Crippen LogP contribution in [0.2, 0.25) is 0 Å². The summed E-state index contributed by atoms with van der Waals surface area (Å²) in [5.74, 6) is -1.54. The Kier molecular flexibility index (Phi) is 4.40. The molecule has 19 heavy (non-hydrogen) atoms. The largest absolute Gasteiger partial charge is 0.465 e. The summed E-state index contributed by atoms with van der Waals surface area (Å²) in [5, 5.41) is 0. The molecule has 1 heterocycles. The highest BCUT2D eigenvalue weighted by Gasteiger charge is 2.41. The molecule has 0 amide bonds. The number of hydrogen-bond donors (Lipinski definition) is 1. The smallest absolute Gasteiger partial charge is 0.434 e. The van der Waals surface area contributed by atoms with Gasteiger partial charge in [-0.05, 0) is 5.56 Å². The van der Waals surface area contributed by atoms with Crippen molar-refractivity contribution in [2.45, 2.75) is 19.1 Å². The number of alkyl halides is 5. The fourth-order valence-corrected chi connectivity index (χ4v) is 1.50. The van der Waals surface area contributed by atoms with Crippen LogP contribution < -0.4 is 5.73 Å². The molecule has 1 rings (SSSR count). The van der Waals surface area contributed by atoms with E-state index in [1.165, 1.54) is 0 Å². The zero-order valence-electron chi connectivity index (χ0n) is 9.59. The lowest BCUT2D eigenvalue weighted by Crippen LogP contribution is -2.21. The molecule has 0 unspecified atom stereocenters. The van der Waals surface area contributed by atoms with Crippen molar-refractivity contribution in [3.63, 3.8) is 0 Å². The van der Waals surface area contributed by atoms with Crippen LogP contribution >= 0.6 is 0 Å². The number of carbonyl (C=O) groups is 1. The van der Waals surface area contributed by atoms with Crippen LogP contribution in [0.25, 0.3) is 0 Å². The van der Waals surface area contributed by atoms with Crippen LogP contribution in [0, 0.1) is 0 Å². The third kappa shape index (κ3) is 2.98. The summed E-state index contributed by atoms with van der Waals surface area (Å²) in [6.45, 7) is -0.477. The quantitative estimate of drug-likeness (QED) is 0.683. The number of methoxy groups -OCH3 is 1. The van der Waals surface area contributed by atoms with Gasteiger partial charge in [0.1, 0.15) is 0 Å². The number of pyridine rings is 1. The van der Waals surface area contributed by atoms with Gasteiger partial charge in [0.05, 0.1) is 12.7 Å². The second-order valence-electron chi connectivity index (χ2n) is 3.41. The summed E-state index contributed by atoms with van der Waals surface area (Å²) in [5.41, 5.74) is 0.693. The van der Waals surface area contributed by atoms with Crippen LogP contribution in [0.1, 0.15) is 33.6 Å². The minimum Gasteiger partial charge on any atom is -0.465 e. The number of ether oxygens (including phenoxy) is 1. The molecule has 0 radical (unpaired) electrons. The molecular weight excluding hydrogens is 275 g/mol. The van der Waals surface area contributed by atoms with Gasteiger partial charge in [-0.15, -0.1) is 0 Å². The van der Waals surface area contributed by atoms with Crippen LogP contribution in [0.3, 0.4) is 0 Å². The minimum atomic E-state index is -5.06. The Morgan fingerprint density at radius 3 is 2.42 bits per heavy atom. The highest BCUT2D eigenvalue weighted by molar-refractivity contribution is 5.93. The van der Waals surface area contributed by atoms with Crippen LogP contribution in [0.4, 0.5) is 22.0 Å². The Bertz CT molecular complexity index is 488. The van der Waals surface area contributed by atoms with Crippen molar-refractivity contribution >= 4 is 5.97 Å². The summed E-state index contributed by atoms with van der Waals surface area (Å²) in [4.78, 5) is 14.3. The van der Waals surface area contributed by atoms with Gasteiger partial charge in [-0.2, -0.15) is 13.2 Å². The normalized spacial score (nSPS) is 11.8. The fourth-order valence-electron chi connectivity index (χ4n) is 1.50. The monoisotopic (exact) mass is 284 g/mol. The number of nitrogens with two attached hydrogens (primary N) is 1. The van der Waals surface area contributed by atoms with Crippen molar-refractivity contribution in [1.82, 2.24) is 4.98 Å². The third-order valence-corrected chi connectivity index (χ3v) is 2.30. The van der Waals surface area contributed by atoms with Crippen molar-refractivity contribution in [2.75, 3.05) is 7.11 Å². The summed E-state index contributed by atoms with van der Waals surface area (Å²) in [6.07, 6.45) is -7.78. The molecule has 0 spiro atoms. The third-order valence-electron chi connectivity index (χ3n) is 2.30. The first-order chi connectivity index (χ1) is 8.73. The zero-order chi connectivity index (χ0) is 14.8. The van der Waals surface area contributed by atoms with Gasteiger partial charge in [0.2, 0.25) is 0 Å². The molecule has 2 N–H and O–H groups in total. The number of carbonyl (C=O) groups excluding carboxylic acids is 1. The minimum absolute atomic E-state index is 0.344. The molecule has 0 atom stereocenters. The molecule has 9 heteroatoms. The number of esters is 1. The Hall–Kier alpha value is -1.77. The Morgan fingerprint density at radius 2 is 2.05 bits per heavy atom. The Balaban J connectivity index is 3.69. The molecule has 1 aromatic heterocycles. The van der Waals surface area contributed by atoms with Crippen molar-refractivity contribution < 1.29 is 31.5 Å². The van der Waals surface area contributed by atoms with E-state index in [4.69, 9.17) is 5.73 Å². The second kappa shape index (κ2) is 5.47. The number of aromatic nitrogens is 1. The lowest BCUT2D eigenvalue weighted by atomic mass is 10.0. The van der Waals surface area contributed by atoms with E-state index in [-0.39, 0.29) is 5.56 Å². The first-order valence-electron chi connectivity index (χ1n) is 4.89. The average molecular weight is 284 g/mol. The number of halogens is 5. The predicted molar refractivity (Wildman–Crippen MR) is 53.4 cm³/mol. The number of rotatable bonds is 3. The highest BCUT2D eigenvalue weighted by Crippen LogP contribution is 2.36. The number of nitrogens with zero attached hydrogens (tertiary/aromatic N) is 1. The standard InChI is InChI=1S/C10H9F5N2O2/c1-19-9(18)6-5(8(11)12)4(2-16)3-17-7(6)10(13,14)15/h3,8H,2,16H2,1H3. The van der Waals surface area contributed by atoms with Gasteiger partial charge in [0, 0.05) is 18.3 Å². The molecule has 0 aliphatic carbocycles. The Labute approximate surface area is 104 Å². The van der Waals surface area contributed by atoms with E-state index in [2.05, 4.69) is 9.72 Å². The summed E-state index contributed by atoms with van der Waals surface area (Å²) in [6, 6.07) is 0. The van der Waals surface area contributed by atoms with Gasteiger partial charge in [0.15, 0.2) is 5.69 Å². The van der Waals surface area contributed by atoms with E-state index >= 15 is 0 Å². The van der Waals surface area contributed by atoms with E-state index in [9.17, 15) is 26.7 Å². The van der Waals surface area contributed by atoms with E-state index in [1.54, 1.807) is 0 Å². The SMILES string of the molecule is COC(=O)c1c(C(F)(F)F)ncc(CN)c1C(F)F. The van der Waals surface area contributed by atoms with E-state index in [1.807, 2.05) is 0 Å². The maximum atomic E-state index is 12.9. The molecule has 1 aromatic rings. The summed E-state index contributed by atoms with van der Waals surface area (Å²) >= 11 is 0. The number of hydrogen-bond acceptors (Lipinski definition) is 4. The molecule has 0 saturated heterocycles. The van der Waals surface area contributed by atoms with Crippen LogP contribution in [-0.4, -0.2) is 18.1 Å². The zero-order valence-corrected chi connectivity index (χ0v) is 9.59. The van der Waals surface area contributed by atoms with Crippen LogP contribution in [-0.2, 0) is 17.5 Å². The molecular formula is C10H9F5N2O2. The fraction of sp³-hybridized carbons (Fsp3) is 0.400.